The first kappa shape index (κ1) is 10.4. The van der Waals surface area contributed by atoms with Crippen LogP contribution in [0.5, 0.6) is 0 Å². The number of nitrogens with zero attached hydrogens (tertiary/aromatic N) is 1. The van der Waals surface area contributed by atoms with E-state index in [1.807, 2.05) is 0 Å². The molecule has 4 nitrogen and oxygen atoms in total. The van der Waals surface area contributed by atoms with Crippen molar-refractivity contribution in [1.82, 2.24) is 4.90 Å². The maximum Gasteiger partial charge on any atom is 0.239 e. The van der Waals surface area contributed by atoms with E-state index in [2.05, 4.69) is 0 Å². The number of hydrogen-bond acceptors (Lipinski definition) is 3. The van der Waals surface area contributed by atoms with Gasteiger partial charge in [-0.3, -0.25) is 4.79 Å². The third-order valence-electron chi connectivity index (χ3n) is 1.66. The van der Waals surface area contributed by atoms with Crippen molar-refractivity contribution in [2.45, 2.75) is 25.9 Å². The summed E-state index contributed by atoms with van der Waals surface area (Å²) in [7, 11) is 1.63. The van der Waals surface area contributed by atoms with Crippen LogP contribution in [0.15, 0.2) is 0 Å². The first-order valence-electron chi connectivity index (χ1n) is 3.63. The Morgan fingerprint density at radius 2 is 2.09 bits per heavy atom. The van der Waals surface area contributed by atoms with Gasteiger partial charge in [-0.2, -0.15) is 0 Å². The number of aliphatic hydroxyl groups excluding tert-OH is 1. The Morgan fingerprint density at radius 3 is 2.36 bits per heavy atom. The van der Waals surface area contributed by atoms with E-state index in [4.69, 9.17) is 10.8 Å². The van der Waals surface area contributed by atoms with E-state index in [9.17, 15) is 4.79 Å². The molecular weight excluding hydrogens is 144 g/mol. The molecule has 4 heteroatoms. The van der Waals surface area contributed by atoms with Crippen molar-refractivity contribution in [3.63, 3.8) is 0 Å². The molecule has 0 rings (SSSR count). The van der Waals surface area contributed by atoms with E-state index in [-0.39, 0.29) is 18.6 Å². The molecule has 0 bridgehead atoms. The highest BCUT2D eigenvalue weighted by molar-refractivity contribution is 5.81. The van der Waals surface area contributed by atoms with Gasteiger partial charge in [-0.05, 0) is 13.8 Å². The van der Waals surface area contributed by atoms with Gasteiger partial charge >= 0.3 is 0 Å². The Balaban J connectivity index is 4.02. The zero-order chi connectivity index (χ0) is 9.02. The molecule has 1 amide bonds. The molecule has 0 heterocycles. The molecule has 0 spiro atoms. The van der Waals surface area contributed by atoms with E-state index in [1.165, 1.54) is 4.90 Å². The molecular formula is C7H16N2O2. The summed E-state index contributed by atoms with van der Waals surface area (Å²) in [6.07, 6.45) is 0. The summed E-state index contributed by atoms with van der Waals surface area (Å²) in [5, 5.41) is 8.70. The van der Waals surface area contributed by atoms with Gasteiger partial charge in [0.05, 0.1) is 18.7 Å². The van der Waals surface area contributed by atoms with E-state index in [0.717, 1.165) is 0 Å². The number of aliphatic hydroxyl groups is 1. The summed E-state index contributed by atoms with van der Waals surface area (Å²) < 4.78 is 0. The van der Waals surface area contributed by atoms with Gasteiger partial charge in [-0.25, -0.2) is 0 Å². The summed E-state index contributed by atoms with van der Waals surface area (Å²) >= 11 is 0. The van der Waals surface area contributed by atoms with Crippen LogP contribution >= 0.6 is 0 Å². The third kappa shape index (κ3) is 2.86. The topological polar surface area (TPSA) is 66.6 Å². The van der Waals surface area contributed by atoms with Crippen LogP contribution in [0.1, 0.15) is 13.8 Å². The minimum absolute atomic E-state index is 0.0328. The van der Waals surface area contributed by atoms with Gasteiger partial charge in [-0.1, -0.05) is 0 Å². The van der Waals surface area contributed by atoms with Crippen molar-refractivity contribution in [3.05, 3.63) is 0 Å². The van der Waals surface area contributed by atoms with Crippen molar-refractivity contribution >= 4 is 5.91 Å². The lowest BCUT2D eigenvalue weighted by Gasteiger charge is -2.24. The summed E-state index contributed by atoms with van der Waals surface area (Å²) in [6.45, 7) is 3.36. The number of nitrogens with two attached hydrogens (primary N) is 1. The van der Waals surface area contributed by atoms with Crippen LogP contribution in [-0.2, 0) is 4.79 Å². The predicted octanol–water partition coefficient (Wildman–Crippen LogP) is -0.827. The highest BCUT2D eigenvalue weighted by Crippen LogP contribution is 1.96. The van der Waals surface area contributed by atoms with E-state index in [0.29, 0.717) is 0 Å². The molecule has 0 aliphatic rings. The normalized spacial score (nSPS) is 15.7. The SMILES string of the molecule is CC(N)C(=O)N(C)C(C)CO. The summed E-state index contributed by atoms with van der Waals surface area (Å²) in [6, 6.07) is -0.650. The minimum Gasteiger partial charge on any atom is -0.394 e. The Kier molecular flexibility index (Phi) is 4.07. The van der Waals surface area contributed by atoms with Crippen molar-refractivity contribution in [3.8, 4) is 0 Å². The fourth-order valence-corrected chi connectivity index (χ4v) is 0.661. The second-order valence-corrected chi connectivity index (χ2v) is 2.77. The molecule has 0 aromatic heterocycles. The Labute approximate surface area is 67.0 Å². The molecule has 2 atom stereocenters. The lowest BCUT2D eigenvalue weighted by Crippen LogP contribution is -2.45. The first-order chi connectivity index (χ1) is 5.00. The van der Waals surface area contributed by atoms with Crippen molar-refractivity contribution < 1.29 is 9.90 Å². The molecule has 0 saturated carbocycles. The summed E-state index contributed by atoms with van der Waals surface area (Å²) in [5.74, 6) is -0.147. The van der Waals surface area contributed by atoms with Crippen LogP contribution in [-0.4, -0.2) is 41.7 Å². The van der Waals surface area contributed by atoms with Crippen LogP contribution in [0.25, 0.3) is 0 Å². The number of carbonyl (C=O) groups is 1. The largest absolute Gasteiger partial charge is 0.394 e. The van der Waals surface area contributed by atoms with Crippen molar-refractivity contribution in [1.29, 1.82) is 0 Å². The number of carbonyl (C=O) groups excluding carboxylic acids is 1. The average Bonchev–Trinajstić information content (AvgIpc) is 2.00. The number of likely N-dealkylation sites (N-methyl/N-ethyl adjacent to an activating group) is 1. The Morgan fingerprint density at radius 1 is 1.64 bits per heavy atom. The zero-order valence-corrected chi connectivity index (χ0v) is 7.24. The van der Waals surface area contributed by atoms with Crippen LogP contribution in [0.2, 0.25) is 0 Å². The second kappa shape index (κ2) is 4.31. The number of amides is 1. The predicted molar refractivity (Wildman–Crippen MR) is 43.0 cm³/mol. The zero-order valence-electron chi connectivity index (χ0n) is 7.24. The third-order valence-corrected chi connectivity index (χ3v) is 1.66. The smallest absolute Gasteiger partial charge is 0.239 e. The van der Waals surface area contributed by atoms with Gasteiger partial charge in [0.2, 0.25) is 5.91 Å². The molecule has 0 radical (unpaired) electrons. The lowest BCUT2D eigenvalue weighted by molar-refractivity contribution is -0.133. The Bertz CT molecular complexity index is 136. The highest BCUT2D eigenvalue weighted by Gasteiger charge is 2.17. The quantitative estimate of drug-likeness (QED) is 0.566. The van der Waals surface area contributed by atoms with E-state index < -0.39 is 6.04 Å². The van der Waals surface area contributed by atoms with Crippen LogP contribution in [0.4, 0.5) is 0 Å². The van der Waals surface area contributed by atoms with Gasteiger partial charge < -0.3 is 15.7 Å². The first-order valence-corrected chi connectivity index (χ1v) is 3.63. The second-order valence-electron chi connectivity index (χ2n) is 2.77. The van der Waals surface area contributed by atoms with Gasteiger partial charge in [0.1, 0.15) is 0 Å². The van der Waals surface area contributed by atoms with Gasteiger partial charge in [-0.15, -0.1) is 0 Å². The summed E-state index contributed by atoms with van der Waals surface area (Å²) in [5.41, 5.74) is 5.36. The molecule has 11 heavy (non-hydrogen) atoms. The standard InChI is InChI=1S/C7H16N2O2/c1-5(4-10)9(3)7(11)6(2)8/h5-6,10H,4,8H2,1-3H3. The van der Waals surface area contributed by atoms with Crippen LogP contribution in [0, 0.1) is 0 Å². The van der Waals surface area contributed by atoms with Gasteiger partial charge in [0.15, 0.2) is 0 Å². The molecule has 0 aliphatic heterocycles. The van der Waals surface area contributed by atoms with Gasteiger partial charge in [0.25, 0.3) is 0 Å². The monoisotopic (exact) mass is 160 g/mol. The molecule has 0 fully saturated rings. The van der Waals surface area contributed by atoms with Crippen LogP contribution in [0.3, 0.4) is 0 Å². The number of rotatable bonds is 3. The minimum atomic E-state index is -0.492. The maximum absolute atomic E-state index is 11.1. The maximum atomic E-state index is 11.1. The molecule has 3 N–H and O–H groups in total. The Hall–Kier alpha value is -0.610. The fraction of sp³-hybridized carbons (Fsp3) is 0.857. The van der Waals surface area contributed by atoms with E-state index >= 15 is 0 Å². The molecule has 0 aromatic carbocycles. The van der Waals surface area contributed by atoms with Crippen molar-refractivity contribution in [2.24, 2.45) is 5.73 Å². The molecule has 0 aromatic rings. The van der Waals surface area contributed by atoms with Gasteiger partial charge in [0, 0.05) is 7.05 Å². The molecule has 0 aliphatic carbocycles. The summed E-state index contributed by atoms with van der Waals surface area (Å²) in [4.78, 5) is 12.6. The highest BCUT2D eigenvalue weighted by atomic mass is 16.3. The fourth-order valence-electron chi connectivity index (χ4n) is 0.661. The molecule has 66 valence electrons. The lowest BCUT2D eigenvalue weighted by atomic mass is 10.2. The van der Waals surface area contributed by atoms with Crippen LogP contribution < -0.4 is 5.73 Å². The molecule has 2 unspecified atom stereocenters. The molecule has 0 saturated heterocycles. The average molecular weight is 160 g/mol. The number of hydrogen-bond donors (Lipinski definition) is 2. The van der Waals surface area contributed by atoms with Crippen molar-refractivity contribution in [2.75, 3.05) is 13.7 Å². The van der Waals surface area contributed by atoms with E-state index in [1.54, 1.807) is 20.9 Å².